The molecule has 1 N–H and O–H groups in total. The first-order valence-electron chi connectivity index (χ1n) is 8.91. The Kier molecular flexibility index (Phi) is 6.97. The van der Waals surface area contributed by atoms with Crippen molar-refractivity contribution >= 4 is 5.91 Å². The SMILES string of the molecule is CC[C@@H]1CCCCN1CCCNC(=O)[C@H]1CCCN(C)C1. The smallest absolute Gasteiger partial charge is 0.224 e. The third-order valence-corrected chi connectivity index (χ3v) is 5.14. The van der Waals surface area contributed by atoms with E-state index < -0.39 is 0 Å². The lowest BCUT2D eigenvalue weighted by atomic mass is 9.97. The van der Waals surface area contributed by atoms with Gasteiger partial charge in [-0.2, -0.15) is 0 Å². The van der Waals surface area contributed by atoms with E-state index in [0.29, 0.717) is 0 Å². The van der Waals surface area contributed by atoms with E-state index in [4.69, 9.17) is 0 Å². The van der Waals surface area contributed by atoms with Crippen molar-refractivity contribution in [1.82, 2.24) is 15.1 Å². The number of carbonyl (C=O) groups is 1. The molecule has 0 aliphatic carbocycles. The van der Waals surface area contributed by atoms with Crippen LogP contribution < -0.4 is 5.32 Å². The fraction of sp³-hybridized carbons (Fsp3) is 0.941. The fourth-order valence-corrected chi connectivity index (χ4v) is 3.84. The minimum Gasteiger partial charge on any atom is -0.356 e. The monoisotopic (exact) mass is 295 g/mol. The molecule has 122 valence electrons. The number of nitrogens with zero attached hydrogens (tertiary/aromatic N) is 2. The Bertz CT molecular complexity index is 321. The van der Waals surface area contributed by atoms with Crippen LogP contribution in [0.3, 0.4) is 0 Å². The van der Waals surface area contributed by atoms with Crippen LogP contribution in [-0.2, 0) is 4.79 Å². The van der Waals surface area contributed by atoms with Crippen molar-refractivity contribution in [2.75, 3.05) is 39.8 Å². The van der Waals surface area contributed by atoms with E-state index in [1.807, 2.05) is 0 Å². The average molecular weight is 295 g/mol. The summed E-state index contributed by atoms with van der Waals surface area (Å²) in [6, 6.07) is 0.779. The lowest BCUT2D eigenvalue weighted by Gasteiger charge is -2.35. The van der Waals surface area contributed by atoms with Gasteiger partial charge in [0.15, 0.2) is 0 Å². The average Bonchev–Trinajstić information content (AvgIpc) is 2.51. The van der Waals surface area contributed by atoms with Crippen LogP contribution in [0.4, 0.5) is 0 Å². The molecule has 2 rings (SSSR count). The zero-order valence-corrected chi connectivity index (χ0v) is 13.9. The van der Waals surface area contributed by atoms with Gasteiger partial charge in [-0.3, -0.25) is 4.79 Å². The summed E-state index contributed by atoms with van der Waals surface area (Å²) in [5.41, 5.74) is 0. The second-order valence-corrected chi connectivity index (χ2v) is 6.84. The maximum Gasteiger partial charge on any atom is 0.224 e. The molecule has 2 atom stereocenters. The minimum absolute atomic E-state index is 0.210. The largest absolute Gasteiger partial charge is 0.356 e. The lowest BCUT2D eigenvalue weighted by Crippen LogP contribution is -2.43. The quantitative estimate of drug-likeness (QED) is 0.762. The van der Waals surface area contributed by atoms with Gasteiger partial charge < -0.3 is 15.1 Å². The van der Waals surface area contributed by atoms with Crippen LogP contribution in [0.5, 0.6) is 0 Å². The van der Waals surface area contributed by atoms with E-state index in [-0.39, 0.29) is 11.8 Å². The normalized spacial score (nSPS) is 28.5. The molecular weight excluding hydrogens is 262 g/mol. The Balaban J connectivity index is 1.61. The van der Waals surface area contributed by atoms with Crippen molar-refractivity contribution in [2.24, 2.45) is 5.92 Å². The van der Waals surface area contributed by atoms with Gasteiger partial charge in [0.05, 0.1) is 5.92 Å². The van der Waals surface area contributed by atoms with Crippen LogP contribution in [-0.4, -0.2) is 61.5 Å². The second-order valence-electron chi connectivity index (χ2n) is 6.84. The first kappa shape index (κ1) is 16.8. The summed E-state index contributed by atoms with van der Waals surface area (Å²) in [5.74, 6) is 0.481. The molecule has 0 spiro atoms. The van der Waals surface area contributed by atoms with Gasteiger partial charge in [-0.1, -0.05) is 13.3 Å². The van der Waals surface area contributed by atoms with Crippen molar-refractivity contribution in [3.63, 3.8) is 0 Å². The zero-order chi connectivity index (χ0) is 15.1. The van der Waals surface area contributed by atoms with E-state index in [1.165, 1.54) is 32.2 Å². The van der Waals surface area contributed by atoms with Crippen LogP contribution >= 0.6 is 0 Å². The number of hydrogen-bond donors (Lipinski definition) is 1. The summed E-state index contributed by atoms with van der Waals surface area (Å²) in [4.78, 5) is 17.1. The van der Waals surface area contributed by atoms with Gasteiger partial charge in [-0.15, -0.1) is 0 Å². The van der Waals surface area contributed by atoms with Crippen LogP contribution in [0.25, 0.3) is 0 Å². The van der Waals surface area contributed by atoms with Gasteiger partial charge in [-0.25, -0.2) is 0 Å². The molecule has 21 heavy (non-hydrogen) atoms. The summed E-state index contributed by atoms with van der Waals surface area (Å²) in [5, 5.41) is 3.15. The van der Waals surface area contributed by atoms with Gasteiger partial charge in [0.2, 0.25) is 5.91 Å². The molecule has 2 fully saturated rings. The molecule has 0 saturated carbocycles. The van der Waals surface area contributed by atoms with E-state index in [2.05, 4.69) is 29.1 Å². The molecule has 2 aliphatic rings. The Morgan fingerprint density at radius 2 is 2.05 bits per heavy atom. The van der Waals surface area contributed by atoms with Gasteiger partial charge in [0, 0.05) is 25.7 Å². The van der Waals surface area contributed by atoms with Gasteiger partial charge in [0.1, 0.15) is 0 Å². The van der Waals surface area contributed by atoms with Crippen LogP contribution in [0.2, 0.25) is 0 Å². The number of amides is 1. The van der Waals surface area contributed by atoms with Crippen LogP contribution in [0.1, 0.15) is 51.9 Å². The second kappa shape index (κ2) is 8.74. The predicted molar refractivity (Wildman–Crippen MR) is 87.4 cm³/mol. The Morgan fingerprint density at radius 3 is 2.81 bits per heavy atom. The molecule has 0 unspecified atom stereocenters. The summed E-state index contributed by atoms with van der Waals surface area (Å²) in [7, 11) is 2.11. The third-order valence-electron chi connectivity index (χ3n) is 5.14. The van der Waals surface area contributed by atoms with E-state index in [1.54, 1.807) is 0 Å². The lowest BCUT2D eigenvalue weighted by molar-refractivity contribution is -0.126. The number of rotatable bonds is 6. The molecule has 0 aromatic carbocycles. The molecule has 0 aromatic rings. The maximum absolute atomic E-state index is 12.2. The standard InChI is InChI=1S/C17H33N3O/c1-3-16-9-4-5-12-20(16)13-7-10-18-17(21)15-8-6-11-19(2)14-15/h15-16H,3-14H2,1-2H3,(H,18,21)/t15-,16+/m0/s1. The topological polar surface area (TPSA) is 35.6 Å². The molecule has 0 radical (unpaired) electrons. The van der Waals surface area contributed by atoms with Crippen molar-refractivity contribution in [3.05, 3.63) is 0 Å². The summed E-state index contributed by atoms with van der Waals surface area (Å²) in [6.45, 7) is 7.59. The molecule has 0 bridgehead atoms. The Hall–Kier alpha value is -0.610. The molecule has 2 heterocycles. The molecular formula is C17H33N3O. The highest BCUT2D eigenvalue weighted by atomic mass is 16.1. The van der Waals surface area contributed by atoms with Crippen molar-refractivity contribution in [2.45, 2.75) is 57.9 Å². The minimum atomic E-state index is 0.210. The Labute approximate surface area is 130 Å². The van der Waals surface area contributed by atoms with Crippen LogP contribution in [0, 0.1) is 5.92 Å². The third kappa shape index (κ3) is 5.26. The first-order valence-corrected chi connectivity index (χ1v) is 8.91. The highest BCUT2D eigenvalue weighted by molar-refractivity contribution is 5.78. The number of nitrogens with one attached hydrogen (secondary N) is 1. The van der Waals surface area contributed by atoms with E-state index >= 15 is 0 Å². The summed E-state index contributed by atoms with van der Waals surface area (Å²) >= 11 is 0. The van der Waals surface area contributed by atoms with Crippen LogP contribution in [0.15, 0.2) is 0 Å². The molecule has 4 heteroatoms. The molecule has 0 aromatic heterocycles. The van der Waals surface area contributed by atoms with Crippen molar-refractivity contribution < 1.29 is 4.79 Å². The van der Waals surface area contributed by atoms with Gasteiger partial charge in [-0.05, 0) is 58.7 Å². The van der Waals surface area contributed by atoms with Gasteiger partial charge >= 0.3 is 0 Å². The van der Waals surface area contributed by atoms with Crippen molar-refractivity contribution in [1.29, 1.82) is 0 Å². The first-order chi connectivity index (χ1) is 10.2. The molecule has 1 amide bonds. The van der Waals surface area contributed by atoms with Crippen molar-refractivity contribution in [3.8, 4) is 0 Å². The number of hydrogen-bond acceptors (Lipinski definition) is 3. The van der Waals surface area contributed by atoms with E-state index in [9.17, 15) is 4.79 Å². The summed E-state index contributed by atoms with van der Waals surface area (Å²) in [6.07, 6.45) is 8.65. The molecule has 2 saturated heterocycles. The zero-order valence-electron chi connectivity index (χ0n) is 13.9. The fourth-order valence-electron chi connectivity index (χ4n) is 3.84. The molecule has 4 nitrogen and oxygen atoms in total. The molecule has 2 aliphatic heterocycles. The maximum atomic E-state index is 12.2. The summed E-state index contributed by atoms with van der Waals surface area (Å²) < 4.78 is 0. The van der Waals surface area contributed by atoms with E-state index in [0.717, 1.165) is 51.5 Å². The number of likely N-dealkylation sites (tertiary alicyclic amines) is 2. The Morgan fingerprint density at radius 1 is 1.19 bits per heavy atom. The predicted octanol–water partition coefficient (Wildman–Crippen LogP) is 2.10. The highest BCUT2D eigenvalue weighted by Gasteiger charge is 2.24. The number of piperidine rings is 2. The van der Waals surface area contributed by atoms with Gasteiger partial charge in [0.25, 0.3) is 0 Å². The number of carbonyl (C=O) groups excluding carboxylic acids is 1. The highest BCUT2D eigenvalue weighted by Crippen LogP contribution is 2.19.